The zero-order valence-corrected chi connectivity index (χ0v) is 13.9. The second-order valence-electron chi connectivity index (χ2n) is 4.69. The van der Waals surface area contributed by atoms with Gasteiger partial charge in [-0.25, -0.2) is 8.42 Å². The molecule has 1 rings (SSSR count). The van der Waals surface area contributed by atoms with Crippen molar-refractivity contribution in [1.82, 2.24) is 5.32 Å². The molecule has 0 fully saturated rings. The van der Waals surface area contributed by atoms with Crippen LogP contribution in [0.4, 0.5) is 0 Å². The van der Waals surface area contributed by atoms with E-state index >= 15 is 0 Å². The third kappa shape index (κ3) is 6.54. The van der Waals surface area contributed by atoms with E-state index in [4.69, 9.17) is 0 Å². The van der Waals surface area contributed by atoms with E-state index < -0.39 is 9.84 Å². The zero-order valence-electron chi connectivity index (χ0n) is 11.5. The zero-order chi connectivity index (χ0) is 14.3. The third-order valence-corrected chi connectivity index (χ3v) is 5.57. The largest absolute Gasteiger partial charge is 0.317 e. The highest BCUT2D eigenvalue weighted by Crippen LogP contribution is 2.13. The molecule has 0 aliphatic carbocycles. The van der Waals surface area contributed by atoms with Crippen LogP contribution in [0.25, 0.3) is 0 Å². The van der Waals surface area contributed by atoms with Crippen LogP contribution < -0.4 is 5.32 Å². The second kappa shape index (κ2) is 8.02. The molecule has 108 valence electrons. The lowest BCUT2D eigenvalue weighted by Gasteiger charge is -2.16. The number of nitrogens with one attached hydrogen (secondary N) is 1. The van der Waals surface area contributed by atoms with Crippen LogP contribution in [0.2, 0.25) is 0 Å². The molecule has 0 radical (unpaired) electrons. The van der Waals surface area contributed by atoms with Gasteiger partial charge >= 0.3 is 0 Å². The van der Waals surface area contributed by atoms with E-state index in [1.165, 1.54) is 5.56 Å². The Kier molecular flexibility index (Phi) is 7.04. The first-order valence-corrected chi connectivity index (χ1v) is 9.20. The lowest BCUT2D eigenvalue weighted by atomic mass is 10.0. The molecule has 0 aliphatic heterocycles. The third-order valence-electron chi connectivity index (χ3n) is 3.25. The fourth-order valence-corrected chi connectivity index (χ4v) is 3.11. The summed E-state index contributed by atoms with van der Waals surface area (Å²) in [6.07, 6.45) is 2.53. The van der Waals surface area contributed by atoms with Gasteiger partial charge < -0.3 is 5.32 Å². The van der Waals surface area contributed by atoms with E-state index in [0.29, 0.717) is 11.8 Å². The highest BCUT2D eigenvalue weighted by molar-refractivity contribution is 9.10. The predicted octanol–water partition coefficient (Wildman–Crippen LogP) is 2.79. The summed E-state index contributed by atoms with van der Waals surface area (Å²) in [4.78, 5) is 0. The van der Waals surface area contributed by atoms with Crippen LogP contribution in [-0.2, 0) is 16.3 Å². The van der Waals surface area contributed by atoms with Crippen LogP contribution >= 0.6 is 15.9 Å². The first-order chi connectivity index (χ1) is 8.96. The summed E-state index contributed by atoms with van der Waals surface area (Å²) in [5.74, 6) is 0.534. The number of sulfone groups is 1. The van der Waals surface area contributed by atoms with Gasteiger partial charge in [0.25, 0.3) is 0 Å². The normalized spacial score (nSPS) is 13.4. The van der Waals surface area contributed by atoms with Crippen molar-refractivity contribution < 1.29 is 8.42 Å². The molecular weight excluding hydrogens is 326 g/mol. The van der Waals surface area contributed by atoms with Crippen LogP contribution in [0, 0.1) is 0 Å². The van der Waals surface area contributed by atoms with Crippen molar-refractivity contribution in [2.24, 2.45) is 0 Å². The number of benzene rings is 1. The average Bonchev–Trinajstić information content (AvgIpc) is 2.40. The summed E-state index contributed by atoms with van der Waals surface area (Å²) < 4.78 is 24.0. The SMILES string of the molecule is CCS(=O)(=O)CCCC(Cc1ccc(Br)cc1)NC. The van der Waals surface area contributed by atoms with Crippen molar-refractivity contribution in [3.63, 3.8) is 0 Å². The number of halogens is 1. The topological polar surface area (TPSA) is 46.2 Å². The Morgan fingerprint density at radius 1 is 1.26 bits per heavy atom. The molecule has 1 N–H and O–H groups in total. The minimum Gasteiger partial charge on any atom is -0.317 e. The summed E-state index contributed by atoms with van der Waals surface area (Å²) >= 11 is 3.42. The van der Waals surface area contributed by atoms with Crippen molar-refractivity contribution >= 4 is 25.8 Å². The quantitative estimate of drug-likeness (QED) is 0.786. The highest BCUT2D eigenvalue weighted by atomic mass is 79.9. The van der Waals surface area contributed by atoms with E-state index in [1.54, 1.807) is 6.92 Å². The summed E-state index contributed by atoms with van der Waals surface area (Å²) in [5.41, 5.74) is 1.26. The summed E-state index contributed by atoms with van der Waals surface area (Å²) in [7, 11) is -0.907. The van der Waals surface area contributed by atoms with Gasteiger partial charge in [-0.3, -0.25) is 0 Å². The first kappa shape index (κ1) is 16.7. The maximum absolute atomic E-state index is 11.4. The highest BCUT2D eigenvalue weighted by Gasteiger charge is 2.11. The van der Waals surface area contributed by atoms with Crippen molar-refractivity contribution in [3.05, 3.63) is 34.3 Å². The number of hydrogen-bond donors (Lipinski definition) is 1. The summed E-state index contributed by atoms with van der Waals surface area (Å²) in [6, 6.07) is 8.58. The minimum atomic E-state index is -2.84. The van der Waals surface area contributed by atoms with Gasteiger partial charge in [0.05, 0.1) is 5.75 Å². The van der Waals surface area contributed by atoms with Gasteiger partial charge in [0, 0.05) is 16.3 Å². The maximum atomic E-state index is 11.4. The molecule has 3 nitrogen and oxygen atoms in total. The molecule has 1 aromatic rings. The predicted molar refractivity (Wildman–Crippen MR) is 84.3 cm³/mol. The average molecular weight is 348 g/mol. The smallest absolute Gasteiger partial charge is 0.150 e. The molecule has 0 spiro atoms. The fraction of sp³-hybridized carbons (Fsp3) is 0.571. The molecule has 5 heteroatoms. The Morgan fingerprint density at radius 3 is 2.42 bits per heavy atom. The van der Waals surface area contributed by atoms with E-state index in [1.807, 2.05) is 19.2 Å². The second-order valence-corrected chi connectivity index (χ2v) is 8.08. The Morgan fingerprint density at radius 2 is 1.89 bits per heavy atom. The minimum absolute atomic E-state index is 0.240. The van der Waals surface area contributed by atoms with Crippen molar-refractivity contribution in [3.8, 4) is 0 Å². The summed E-state index contributed by atoms with van der Waals surface area (Å²) in [6.45, 7) is 1.70. The van der Waals surface area contributed by atoms with E-state index in [9.17, 15) is 8.42 Å². The molecule has 1 aromatic carbocycles. The molecule has 0 saturated carbocycles. The lowest BCUT2D eigenvalue weighted by Crippen LogP contribution is -2.28. The van der Waals surface area contributed by atoms with Crippen LogP contribution in [0.3, 0.4) is 0 Å². The summed E-state index contributed by atoms with van der Waals surface area (Å²) in [5, 5.41) is 3.26. The Bertz CT molecular complexity index is 471. The molecular formula is C14H22BrNO2S. The number of likely N-dealkylation sites (N-methyl/N-ethyl adjacent to an activating group) is 1. The van der Waals surface area contributed by atoms with Gasteiger partial charge in [-0.05, 0) is 44.0 Å². The first-order valence-electron chi connectivity index (χ1n) is 6.59. The van der Waals surface area contributed by atoms with E-state index in [0.717, 1.165) is 23.7 Å². The number of rotatable bonds is 8. The molecule has 19 heavy (non-hydrogen) atoms. The Balaban J connectivity index is 2.44. The molecule has 0 aliphatic rings. The van der Waals surface area contributed by atoms with Crippen LogP contribution in [0.15, 0.2) is 28.7 Å². The molecule has 0 amide bonds. The van der Waals surface area contributed by atoms with Gasteiger partial charge in [0.1, 0.15) is 9.84 Å². The van der Waals surface area contributed by atoms with Crippen molar-refractivity contribution in [2.45, 2.75) is 32.2 Å². The maximum Gasteiger partial charge on any atom is 0.150 e. The molecule has 0 saturated heterocycles. The molecule has 1 atom stereocenters. The fourth-order valence-electron chi connectivity index (χ4n) is 1.95. The molecule has 0 aromatic heterocycles. The van der Waals surface area contributed by atoms with Gasteiger partial charge in [0.15, 0.2) is 0 Å². The van der Waals surface area contributed by atoms with Crippen LogP contribution in [-0.4, -0.2) is 33.0 Å². The Labute approximate surface area is 124 Å². The van der Waals surface area contributed by atoms with E-state index in [-0.39, 0.29) is 5.75 Å². The van der Waals surface area contributed by atoms with Gasteiger partial charge in [0.2, 0.25) is 0 Å². The van der Waals surface area contributed by atoms with E-state index in [2.05, 4.69) is 33.4 Å². The van der Waals surface area contributed by atoms with Crippen LogP contribution in [0.1, 0.15) is 25.3 Å². The van der Waals surface area contributed by atoms with Crippen LogP contribution in [0.5, 0.6) is 0 Å². The van der Waals surface area contributed by atoms with Gasteiger partial charge in [-0.1, -0.05) is 35.0 Å². The lowest BCUT2D eigenvalue weighted by molar-refractivity contribution is 0.511. The molecule has 1 unspecified atom stereocenters. The number of hydrogen-bond acceptors (Lipinski definition) is 3. The van der Waals surface area contributed by atoms with Gasteiger partial charge in [-0.15, -0.1) is 0 Å². The van der Waals surface area contributed by atoms with Gasteiger partial charge in [-0.2, -0.15) is 0 Å². The standard InChI is InChI=1S/C14H22BrNO2S/c1-3-19(17,18)10-4-5-14(16-2)11-12-6-8-13(15)9-7-12/h6-9,14,16H,3-5,10-11H2,1-2H3. The molecule has 0 heterocycles. The monoisotopic (exact) mass is 347 g/mol. The van der Waals surface area contributed by atoms with Crippen molar-refractivity contribution in [1.29, 1.82) is 0 Å². The van der Waals surface area contributed by atoms with Crippen molar-refractivity contribution in [2.75, 3.05) is 18.6 Å². The molecule has 0 bridgehead atoms. The Hall–Kier alpha value is -0.390.